The lowest BCUT2D eigenvalue weighted by Gasteiger charge is -2.23. The lowest BCUT2D eigenvalue weighted by molar-refractivity contribution is 0.0699. The van der Waals surface area contributed by atoms with E-state index in [1.807, 2.05) is 12.1 Å². The van der Waals surface area contributed by atoms with Crippen LogP contribution in [0.1, 0.15) is 54.9 Å². The highest BCUT2D eigenvalue weighted by Crippen LogP contribution is 2.20. The summed E-state index contributed by atoms with van der Waals surface area (Å²) in [7, 11) is 0. The average Bonchev–Trinajstić information content (AvgIpc) is 2.58. The molecule has 2 rings (SSSR count). The summed E-state index contributed by atoms with van der Waals surface area (Å²) in [5.74, 6) is 6.40. The summed E-state index contributed by atoms with van der Waals surface area (Å²) in [6, 6.07) is 5.63. The maximum atomic E-state index is 11.7. The third kappa shape index (κ3) is 5.61. The van der Waals surface area contributed by atoms with Crippen molar-refractivity contribution in [2.45, 2.75) is 39.0 Å². The van der Waals surface area contributed by atoms with Gasteiger partial charge in [0.2, 0.25) is 0 Å². The summed E-state index contributed by atoms with van der Waals surface area (Å²) in [4.78, 5) is 11.7. The van der Waals surface area contributed by atoms with Gasteiger partial charge in [-0.05, 0) is 43.4 Å². The van der Waals surface area contributed by atoms with Crippen LogP contribution in [0.15, 0.2) is 18.2 Å². The SMILES string of the molecule is CCCCC#Cc1ccc(NCC2CCOCC2)c(C(N)=O)c1. The molecule has 0 aliphatic carbocycles. The molecule has 1 aromatic carbocycles. The Kier molecular flexibility index (Phi) is 6.96. The smallest absolute Gasteiger partial charge is 0.250 e. The number of hydrogen-bond acceptors (Lipinski definition) is 3. The van der Waals surface area contributed by atoms with Gasteiger partial charge in [0.05, 0.1) is 5.56 Å². The number of rotatable bonds is 6. The van der Waals surface area contributed by atoms with Gasteiger partial charge in [-0.2, -0.15) is 0 Å². The molecule has 1 saturated heterocycles. The molecule has 1 fully saturated rings. The van der Waals surface area contributed by atoms with Crippen LogP contribution in [0.4, 0.5) is 5.69 Å². The Morgan fingerprint density at radius 2 is 2.17 bits per heavy atom. The van der Waals surface area contributed by atoms with Crippen LogP contribution in [0, 0.1) is 17.8 Å². The third-order valence-electron chi connectivity index (χ3n) is 4.10. The Morgan fingerprint density at radius 3 is 2.87 bits per heavy atom. The van der Waals surface area contributed by atoms with Gasteiger partial charge in [0.1, 0.15) is 0 Å². The van der Waals surface area contributed by atoms with E-state index in [-0.39, 0.29) is 0 Å². The van der Waals surface area contributed by atoms with E-state index in [4.69, 9.17) is 10.5 Å². The molecule has 0 spiro atoms. The number of hydrogen-bond donors (Lipinski definition) is 2. The lowest BCUT2D eigenvalue weighted by Crippen LogP contribution is -2.24. The molecule has 1 aliphatic rings. The number of carbonyl (C=O) groups excluding carboxylic acids is 1. The number of amides is 1. The molecule has 1 aromatic rings. The van der Waals surface area contributed by atoms with E-state index < -0.39 is 5.91 Å². The van der Waals surface area contributed by atoms with Crippen LogP contribution in [-0.2, 0) is 4.74 Å². The number of primary amides is 1. The summed E-state index contributed by atoms with van der Waals surface area (Å²) >= 11 is 0. The van der Waals surface area contributed by atoms with Crippen LogP contribution in [0.5, 0.6) is 0 Å². The fourth-order valence-corrected chi connectivity index (χ4v) is 2.61. The van der Waals surface area contributed by atoms with Crippen molar-refractivity contribution in [1.29, 1.82) is 0 Å². The van der Waals surface area contributed by atoms with Crippen LogP contribution in [0.25, 0.3) is 0 Å². The number of anilines is 1. The fraction of sp³-hybridized carbons (Fsp3) is 0.526. The quantitative estimate of drug-likeness (QED) is 0.626. The predicted octanol–water partition coefficient (Wildman–Crippen LogP) is 3.17. The zero-order valence-electron chi connectivity index (χ0n) is 13.9. The summed E-state index contributed by atoms with van der Waals surface area (Å²) in [5, 5.41) is 3.36. The topological polar surface area (TPSA) is 64.3 Å². The molecule has 0 atom stereocenters. The van der Waals surface area contributed by atoms with E-state index in [9.17, 15) is 4.79 Å². The van der Waals surface area contributed by atoms with E-state index in [0.717, 1.165) is 63.1 Å². The molecule has 1 amide bonds. The van der Waals surface area contributed by atoms with Gasteiger partial charge < -0.3 is 15.8 Å². The van der Waals surface area contributed by atoms with Crippen molar-refractivity contribution < 1.29 is 9.53 Å². The second-order valence-electron chi connectivity index (χ2n) is 5.97. The van der Waals surface area contributed by atoms with Crippen molar-refractivity contribution in [2.75, 3.05) is 25.1 Å². The zero-order valence-corrected chi connectivity index (χ0v) is 13.9. The molecule has 124 valence electrons. The van der Waals surface area contributed by atoms with Crippen LogP contribution in [0.3, 0.4) is 0 Å². The van der Waals surface area contributed by atoms with Gasteiger partial charge in [-0.1, -0.05) is 25.2 Å². The van der Waals surface area contributed by atoms with Gasteiger partial charge in [0.15, 0.2) is 0 Å². The number of unbranched alkanes of at least 4 members (excludes halogenated alkanes) is 2. The van der Waals surface area contributed by atoms with E-state index in [2.05, 4.69) is 24.1 Å². The van der Waals surface area contributed by atoms with E-state index in [1.165, 1.54) is 0 Å². The summed E-state index contributed by atoms with van der Waals surface area (Å²) < 4.78 is 5.37. The minimum absolute atomic E-state index is 0.420. The first-order valence-electron chi connectivity index (χ1n) is 8.45. The molecule has 1 heterocycles. The normalized spacial score (nSPS) is 14.8. The monoisotopic (exact) mass is 314 g/mol. The fourth-order valence-electron chi connectivity index (χ4n) is 2.61. The highest BCUT2D eigenvalue weighted by Gasteiger charge is 2.15. The first-order valence-corrected chi connectivity index (χ1v) is 8.45. The molecular formula is C19H26N2O2. The number of benzene rings is 1. The summed E-state index contributed by atoms with van der Waals surface area (Å²) in [6.07, 6.45) is 5.22. The Bertz CT molecular complexity index is 581. The van der Waals surface area contributed by atoms with Crippen molar-refractivity contribution >= 4 is 11.6 Å². The van der Waals surface area contributed by atoms with Gasteiger partial charge in [0.25, 0.3) is 5.91 Å². The van der Waals surface area contributed by atoms with Gasteiger partial charge in [-0.15, -0.1) is 0 Å². The average molecular weight is 314 g/mol. The van der Waals surface area contributed by atoms with Gasteiger partial charge in [-0.3, -0.25) is 4.79 Å². The van der Waals surface area contributed by atoms with Crippen LogP contribution in [0.2, 0.25) is 0 Å². The second-order valence-corrected chi connectivity index (χ2v) is 5.97. The second kappa shape index (κ2) is 9.22. The molecule has 4 heteroatoms. The van der Waals surface area contributed by atoms with Gasteiger partial charge in [-0.25, -0.2) is 0 Å². The highest BCUT2D eigenvalue weighted by atomic mass is 16.5. The predicted molar refractivity (Wildman–Crippen MR) is 93.4 cm³/mol. The van der Waals surface area contributed by atoms with Gasteiger partial charge in [0, 0.05) is 37.4 Å². The largest absolute Gasteiger partial charge is 0.384 e. The maximum Gasteiger partial charge on any atom is 0.250 e. The molecular weight excluding hydrogens is 288 g/mol. The molecule has 3 N–H and O–H groups in total. The minimum atomic E-state index is -0.420. The number of carbonyl (C=O) groups is 1. The lowest BCUT2D eigenvalue weighted by atomic mass is 10.00. The Hall–Kier alpha value is -1.99. The molecule has 0 aromatic heterocycles. The zero-order chi connectivity index (χ0) is 16.5. The number of nitrogens with one attached hydrogen (secondary N) is 1. The van der Waals surface area contributed by atoms with Crippen LogP contribution < -0.4 is 11.1 Å². The van der Waals surface area contributed by atoms with E-state index in [1.54, 1.807) is 6.07 Å². The minimum Gasteiger partial charge on any atom is -0.384 e. The third-order valence-corrected chi connectivity index (χ3v) is 4.10. The molecule has 1 aliphatic heterocycles. The summed E-state index contributed by atoms with van der Waals surface area (Å²) in [5.41, 5.74) is 7.67. The van der Waals surface area contributed by atoms with Gasteiger partial charge >= 0.3 is 0 Å². The number of ether oxygens (including phenoxy) is 1. The maximum absolute atomic E-state index is 11.7. The first kappa shape index (κ1) is 17.4. The Morgan fingerprint density at radius 1 is 1.39 bits per heavy atom. The van der Waals surface area contributed by atoms with Crippen molar-refractivity contribution in [3.63, 3.8) is 0 Å². The first-order chi connectivity index (χ1) is 11.2. The van der Waals surface area contributed by atoms with Crippen molar-refractivity contribution in [2.24, 2.45) is 11.7 Å². The van der Waals surface area contributed by atoms with Crippen molar-refractivity contribution in [3.8, 4) is 11.8 Å². The van der Waals surface area contributed by atoms with Crippen LogP contribution in [-0.4, -0.2) is 25.7 Å². The Balaban J connectivity index is 2.03. The van der Waals surface area contributed by atoms with Crippen molar-refractivity contribution in [3.05, 3.63) is 29.3 Å². The van der Waals surface area contributed by atoms with E-state index in [0.29, 0.717) is 11.5 Å². The standard InChI is InChI=1S/C19H26N2O2/c1-2-3-4-5-6-15-7-8-18(17(13-15)19(20)22)21-14-16-9-11-23-12-10-16/h7-8,13,16,21H,2-4,9-12,14H2,1H3,(H2,20,22). The molecule has 0 bridgehead atoms. The highest BCUT2D eigenvalue weighted by molar-refractivity contribution is 5.98. The van der Waals surface area contributed by atoms with Crippen molar-refractivity contribution in [1.82, 2.24) is 0 Å². The molecule has 4 nitrogen and oxygen atoms in total. The molecule has 0 unspecified atom stereocenters. The molecule has 0 saturated carbocycles. The molecule has 0 radical (unpaired) electrons. The van der Waals surface area contributed by atoms with Crippen LogP contribution >= 0.6 is 0 Å². The Labute approximate surface area is 138 Å². The molecule has 23 heavy (non-hydrogen) atoms. The number of nitrogens with two attached hydrogens (primary N) is 1. The summed E-state index contributed by atoms with van der Waals surface area (Å²) in [6.45, 7) is 4.62. The van der Waals surface area contributed by atoms with E-state index >= 15 is 0 Å².